The van der Waals surface area contributed by atoms with E-state index in [2.05, 4.69) is 5.32 Å². The molecule has 1 aromatic heterocycles. The highest BCUT2D eigenvalue weighted by Crippen LogP contribution is 2.22. The lowest BCUT2D eigenvalue weighted by atomic mass is 10.1. The molecule has 7 heteroatoms. The first-order chi connectivity index (χ1) is 9.99. The fraction of sp³-hybridized carbons (Fsp3) is 0.571. The fourth-order valence-electron chi connectivity index (χ4n) is 1.83. The second kappa shape index (κ2) is 9.63. The van der Waals surface area contributed by atoms with Gasteiger partial charge in [0.2, 0.25) is 0 Å². The Bertz CT molecular complexity index is 465. The van der Waals surface area contributed by atoms with Crippen molar-refractivity contribution in [2.24, 2.45) is 0 Å². The molecule has 2 N–H and O–H groups in total. The maximum Gasteiger partial charge on any atom is 0.317 e. The number of unbranched alkanes of at least 4 members (excludes halogenated alkanes) is 3. The molecule has 0 fully saturated rings. The lowest BCUT2D eigenvalue weighted by Gasteiger charge is -2.17. The lowest BCUT2D eigenvalue weighted by molar-refractivity contribution is -0.137. The zero-order valence-corrected chi connectivity index (χ0v) is 13.7. The molecule has 0 saturated carbocycles. The summed E-state index contributed by atoms with van der Waals surface area (Å²) < 4.78 is 0.722. The molecule has 0 saturated heterocycles. The monoisotopic (exact) mass is 332 g/mol. The molecule has 0 atom stereocenters. The molecule has 1 rings (SSSR count). The van der Waals surface area contributed by atoms with Crippen molar-refractivity contribution in [3.8, 4) is 0 Å². The molecule has 0 bridgehead atoms. The number of amides is 2. The lowest BCUT2D eigenvalue weighted by Crippen LogP contribution is -2.37. The van der Waals surface area contributed by atoms with Gasteiger partial charge in [0.1, 0.15) is 0 Å². The third-order valence-electron chi connectivity index (χ3n) is 2.96. The summed E-state index contributed by atoms with van der Waals surface area (Å²) in [5.74, 6) is -0.751. The highest BCUT2D eigenvalue weighted by molar-refractivity contribution is 7.16. The molecule has 21 heavy (non-hydrogen) atoms. The molecule has 0 aromatic carbocycles. The minimum absolute atomic E-state index is 0.106. The quantitative estimate of drug-likeness (QED) is 0.679. The molecule has 5 nitrogen and oxygen atoms in total. The standard InChI is InChI=1S/C14H21ClN2O3S/c1-17(10-11-7-8-12(15)21-11)14(20)16-9-5-3-2-4-6-13(18)19/h7-8H,2-6,9-10H2,1H3,(H,16,20)(H,18,19). The van der Waals surface area contributed by atoms with Crippen molar-refractivity contribution in [1.82, 2.24) is 10.2 Å². The maximum absolute atomic E-state index is 11.8. The molecule has 0 radical (unpaired) electrons. The number of nitrogens with zero attached hydrogens (tertiary/aromatic N) is 1. The topological polar surface area (TPSA) is 69.6 Å². The van der Waals surface area contributed by atoms with Crippen LogP contribution < -0.4 is 5.32 Å². The average molecular weight is 333 g/mol. The van der Waals surface area contributed by atoms with Gasteiger partial charge in [-0.2, -0.15) is 0 Å². The van der Waals surface area contributed by atoms with Gasteiger partial charge >= 0.3 is 12.0 Å². The van der Waals surface area contributed by atoms with Crippen LogP contribution in [-0.4, -0.2) is 35.6 Å². The van der Waals surface area contributed by atoms with Crippen LogP contribution in [0.2, 0.25) is 4.34 Å². The van der Waals surface area contributed by atoms with E-state index in [0.29, 0.717) is 19.5 Å². The number of halogens is 1. The smallest absolute Gasteiger partial charge is 0.317 e. The van der Waals surface area contributed by atoms with Gasteiger partial charge in [0.25, 0.3) is 0 Å². The Morgan fingerprint density at radius 1 is 1.29 bits per heavy atom. The van der Waals surface area contributed by atoms with Crippen LogP contribution in [0, 0.1) is 0 Å². The van der Waals surface area contributed by atoms with Gasteiger partial charge in [0.05, 0.1) is 10.9 Å². The summed E-state index contributed by atoms with van der Waals surface area (Å²) in [5.41, 5.74) is 0. The molecule has 0 aliphatic heterocycles. The third-order valence-corrected chi connectivity index (χ3v) is 4.18. The Labute approximate surface area is 133 Å². The zero-order chi connectivity index (χ0) is 15.7. The van der Waals surface area contributed by atoms with Gasteiger partial charge in [-0.05, 0) is 25.0 Å². The number of carboxylic acid groups (broad SMARTS) is 1. The summed E-state index contributed by atoms with van der Waals surface area (Å²) in [6.45, 7) is 1.16. The zero-order valence-electron chi connectivity index (χ0n) is 12.1. The van der Waals surface area contributed by atoms with Crippen molar-refractivity contribution in [2.45, 2.75) is 38.6 Å². The molecular formula is C14H21ClN2O3S. The number of hydrogen-bond donors (Lipinski definition) is 2. The second-order valence-corrected chi connectivity index (χ2v) is 6.65. The minimum atomic E-state index is -0.751. The van der Waals surface area contributed by atoms with Crippen molar-refractivity contribution in [3.05, 3.63) is 21.3 Å². The summed E-state index contributed by atoms with van der Waals surface area (Å²) in [6, 6.07) is 3.63. The number of carboxylic acids is 1. The van der Waals surface area contributed by atoms with E-state index in [-0.39, 0.29) is 12.5 Å². The molecule has 0 aliphatic carbocycles. The Morgan fingerprint density at radius 2 is 2.00 bits per heavy atom. The van der Waals surface area contributed by atoms with Crippen LogP contribution >= 0.6 is 22.9 Å². The van der Waals surface area contributed by atoms with Gasteiger partial charge in [-0.3, -0.25) is 4.79 Å². The normalized spacial score (nSPS) is 10.4. The number of rotatable bonds is 9. The molecule has 0 unspecified atom stereocenters. The summed E-state index contributed by atoms with van der Waals surface area (Å²) in [4.78, 5) is 24.8. The van der Waals surface area contributed by atoms with Gasteiger partial charge in [0.15, 0.2) is 0 Å². The van der Waals surface area contributed by atoms with E-state index in [1.165, 1.54) is 11.3 Å². The molecular weight excluding hydrogens is 312 g/mol. The van der Waals surface area contributed by atoms with Crippen LogP contribution in [0.5, 0.6) is 0 Å². The number of urea groups is 1. The summed E-state index contributed by atoms with van der Waals surface area (Å²) in [5, 5.41) is 11.4. The summed E-state index contributed by atoms with van der Waals surface area (Å²) >= 11 is 7.32. The number of carbonyl (C=O) groups is 2. The second-order valence-electron chi connectivity index (χ2n) is 4.85. The van der Waals surface area contributed by atoms with Crippen molar-refractivity contribution in [3.63, 3.8) is 0 Å². The number of aliphatic carboxylic acids is 1. The van der Waals surface area contributed by atoms with Crippen molar-refractivity contribution < 1.29 is 14.7 Å². The van der Waals surface area contributed by atoms with Crippen molar-refractivity contribution in [1.29, 1.82) is 0 Å². The van der Waals surface area contributed by atoms with Crippen LogP contribution in [0.25, 0.3) is 0 Å². The summed E-state index contributed by atoms with van der Waals surface area (Å²) in [6.07, 6.45) is 3.59. The minimum Gasteiger partial charge on any atom is -0.481 e. The first kappa shape index (κ1) is 17.8. The molecule has 2 amide bonds. The molecule has 0 spiro atoms. The summed E-state index contributed by atoms with van der Waals surface area (Å²) in [7, 11) is 1.75. The Balaban J connectivity index is 2.08. The maximum atomic E-state index is 11.8. The SMILES string of the molecule is CN(Cc1ccc(Cl)s1)C(=O)NCCCCCCC(=O)O. The van der Waals surface area contributed by atoms with Crippen LogP contribution in [0.1, 0.15) is 37.0 Å². The molecule has 118 valence electrons. The highest BCUT2D eigenvalue weighted by atomic mass is 35.5. The van der Waals surface area contributed by atoms with E-state index in [1.54, 1.807) is 11.9 Å². The fourth-order valence-corrected chi connectivity index (χ4v) is 2.97. The van der Waals surface area contributed by atoms with E-state index in [0.717, 1.165) is 28.5 Å². The molecule has 0 aliphatic rings. The Hall–Kier alpha value is -1.27. The largest absolute Gasteiger partial charge is 0.481 e. The predicted molar refractivity (Wildman–Crippen MR) is 84.9 cm³/mol. The van der Waals surface area contributed by atoms with Gasteiger partial charge in [0, 0.05) is 24.9 Å². The molecule has 1 aromatic rings. The van der Waals surface area contributed by atoms with Gasteiger partial charge in [-0.15, -0.1) is 11.3 Å². The predicted octanol–water partition coefficient (Wildman–Crippen LogP) is 3.58. The van der Waals surface area contributed by atoms with E-state index in [4.69, 9.17) is 16.7 Å². The first-order valence-corrected chi connectivity index (χ1v) is 8.13. The van der Waals surface area contributed by atoms with Crippen LogP contribution in [-0.2, 0) is 11.3 Å². The van der Waals surface area contributed by atoms with Crippen LogP contribution in [0.15, 0.2) is 12.1 Å². The average Bonchev–Trinajstić information content (AvgIpc) is 2.82. The van der Waals surface area contributed by atoms with E-state index in [1.807, 2.05) is 12.1 Å². The van der Waals surface area contributed by atoms with E-state index < -0.39 is 5.97 Å². The number of hydrogen-bond acceptors (Lipinski definition) is 3. The van der Waals surface area contributed by atoms with E-state index >= 15 is 0 Å². The number of nitrogens with one attached hydrogen (secondary N) is 1. The van der Waals surface area contributed by atoms with Crippen LogP contribution in [0.3, 0.4) is 0 Å². The third kappa shape index (κ3) is 7.92. The van der Waals surface area contributed by atoms with Gasteiger partial charge in [-0.25, -0.2) is 4.79 Å². The van der Waals surface area contributed by atoms with Gasteiger partial charge < -0.3 is 15.3 Å². The first-order valence-electron chi connectivity index (χ1n) is 6.94. The van der Waals surface area contributed by atoms with E-state index in [9.17, 15) is 9.59 Å². The van der Waals surface area contributed by atoms with Crippen molar-refractivity contribution >= 4 is 34.9 Å². The Morgan fingerprint density at radius 3 is 2.62 bits per heavy atom. The van der Waals surface area contributed by atoms with Crippen LogP contribution in [0.4, 0.5) is 4.79 Å². The number of thiophene rings is 1. The number of carbonyl (C=O) groups excluding carboxylic acids is 1. The van der Waals surface area contributed by atoms with Crippen molar-refractivity contribution in [2.75, 3.05) is 13.6 Å². The Kier molecular flexibility index (Phi) is 8.15. The highest BCUT2D eigenvalue weighted by Gasteiger charge is 2.09. The van der Waals surface area contributed by atoms with Gasteiger partial charge in [-0.1, -0.05) is 24.4 Å². The molecule has 1 heterocycles.